The third kappa shape index (κ3) is 3.75. The minimum absolute atomic E-state index is 0.294. The monoisotopic (exact) mass is 410 g/mol. The molecule has 30 heavy (non-hydrogen) atoms. The average molecular weight is 410 g/mol. The van der Waals surface area contributed by atoms with Crippen LogP contribution in [0.3, 0.4) is 0 Å². The molecule has 0 spiro atoms. The van der Waals surface area contributed by atoms with Gasteiger partial charge < -0.3 is 19.3 Å². The Morgan fingerprint density at radius 3 is 2.63 bits per heavy atom. The van der Waals surface area contributed by atoms with E-state index < -0.39 is 6.10 Å². The first kappa shape index (κ1) is 19.0. The van der Waals surface area contributed by atoms with Crippen LogP contribution in [0.4, 0.5) is 10.2 Å². The van der Waals surface area contributed by atoms with Crippen molar-refractivity contribution in [3.8, 4) is 17.2 Å². The topological polar surface area (TPSA) is 84.5 Å². The summed E-state index contributed by atoms with van der Waals surface area (Å²) in [4.78, 5) is 11.1. The lowest BCUT2D eigenvalue weighted by molar-refractivity contribution is -0.0231. The summed E-state index contributed by atoms with van der Waals surface area (Å²) < 4.78 is 24.4. The molecule has 0 unspecified atom stereocenters. The van der Waals surface area contributed by atoms with Crippen LogP contribution < -0.4 is 9.64 Å². The molecular weight excluding hydrogens is 387 g/mol. The van der Waals surface area contributed by atoms with Crippen molar-refractivity contribution in [1.82, 2.24) is 15.1 Å². The van der Waals surface area contributed by atoms with Crippen molar-refractivity contribution in [1.29, 1.82) is 0 Å². The molecule has 1 aromatic carbocycles. The second kappa shape index (κ2) is 7.68. The van der Waals surface area contributed by atoms with Gasteiger partial charge in [0.2, 0.25) is 0 Å². The fraction of sp³-hybridized carbons (Fsp3) is 0.409. The lowest BCUT2D eigenvalue weighted by atomic mass is 9.78. The van der Waals surface area contributed by atoms with Gasteiger partial charge in [0, 0.05) is 24.8 Å². The van der Waals surface area contributed by atoms with Crippen molar-refractivity contribution >= 4 is 5.82 Å². The van der Waals surface area contributed by atoms with E-state index in [4.69, 9.17) is 9.26 Å². The van der Waals surface area contributed by atoms with Crippen molar-refractivity contribution in [2.45, 2.75) is 32.0 Å². The highest BCUT2D eigenvalue weighted by Crippen LogP contribution is 2.39. The molecule has 1 aliphatic carbocycles. The molecule has 4 atom stereocenters. The first-order valence-electron chi connectivity index (χ1n) is 10.2. The van der Waals surface area contributed by atoms with Gasteiger partial charge >= 0.3 is 0 Å². The highest BCUT2D eigenvalue weighted by atomic mass is 19.1. The van der Waals surface area contributed by atoms with Crippen molar-refractivity contribution in [2.24, 2.45) is 11.8 Å². The molecule has 1 N–H and O–H groups in total. The zero-order valence-corrected chi connectivity index (χ0v) is 16.6. The van der Waals surface area contributed by atoms with Gasteiger partial charge in [-0.3, -0.25) is 0 Å². The smallest absolute Gasteiger partial charge is 0.258 e. The van der Waals surface area contributed by atoms with Crippen molar-refractivity contribution in [3.63, 3.8) is 0 Å². The molecule has 1 aliphatic heterocycles. The van der Waals surface area contributed by atoms with Gasteiger partial charge in [0.15, 0.2) is 5.82 Å². The van der Waals surface area contributed by atoms with Crippen LogP contribution in [0.2, 0.25) is 0 Å². The van der Waals surface area contributed by atoms with Gasteiger partial charge in [-0.15, -0.1) is 0 Å². The number of fused-ring (bicyclic) bond motifs is 1. The van der Waals surface area contributed by atoms with Gasteiger partial charge in [-0.25, -0.2) is 9.37 Å². The fourth-order valence-electron chi connectivity index (χ4n) is 4.53. The molecule has 1 saturated heterocycles. The standard InChI is InChI=1S/C22H23FN4O3/c1-13-25-22(30-26-13)14-6-7-24-21(10-14)27-11-15-8-19(28)20(9-16(15)12-27)29-18-4-2-17(23)3-5-18/h2-7,10,15-16,19-20,28H,8-9,11-12H2,1H3/t15-,16+,19+,20+/m0/s1. The Morgan fingerprint density at radius 2 is 1.90 bits per heavy atom. The summed E-state index contributed by atoms with van der Waals surface area (Å²) in [6.45, 7) is 3.47. The number of halogens is 1. The summed E-state index contributed by atoms with van der Waals surface area (Å²) >= 11 is 0. The van der Waals surface area contributed by atoms with E-state index in [0.29, 0.717) is 35.7 Å². The summed E-state index contributed by atoms with van der Waals surface area (Å²) in [5.41, 5.74) is 0.841. The van der Waals surface area contributed by atoms with Gasteiger partial charge in [-0.2, -0.15) is 4.98 Å². The molecule has 0 radical (unpaired) electrons. The normalized spacial score (nSPS) is 25.9. The van der Waals surface area contributed by atoms with E-state index in [0.717, 1.165) is 30.9 Å². The molecule has 7 nitrogen and oxygen atoms in total. The predicted octanol–water partition coefficient (Wildman–Crippen LogP) is 3.23. The second-order valence-corrected chi connectivity index (χ2v) is 8.12. The van der Waals surface area contributed by atoms with E-state index >= 15 is 0 Å². The van der Waals surface area contributed by atoms with Gasteiger partial charge in [-0.05, 0) is 68.0 Å². The third-order valence-electron chi connectivity index (χ3n) is 6.03. The van der Waals surface area contributed by atoms with Gasteiger partial charge in [-0.1, -0.05) is 5.16 Å². The lowest BCUT2D eigenvalue weighted by Gasteiger charge is -2.35. The molecular formula is C22H23FN4O3. The average Bonchev–Trinajstić information content (AvgIpc) is 3.36. The van der Waals surface area contributed by atoms with Gasteiger partial charge in [0.05, 0.1) is 6.10 Å². The molecule has 156 valence electrons. The predicted molar refractivity (Wildman–Crippen MR) is 108 cm³/mol. The number of aryl methyl sites for hydroxylation is 1. The lowest BCUT2D eigenvalue weighted by Crippen LogP contribution is -2.42. The van der Waals surface area contributed by atoms with E-state index in [-0.39, 0.29) is 11.9 Å². The molecule has 1 saturated carbocycles. The first-order valence-corrected chi connectivity index (χ1v) is 10.2. The van der Waals surface area contributed by atoms with E-state index in [1.165, 1.54) is 12.1 Å². The molecule has 2 aromatic heterocycles. The third-order valence-corrected chi connectivity index (χ3v) is 6.03. The Balaban J connectivity index is 1.29. The Kier molecular flexibility index (Phi) is 4.86. The number of pyridine rings is 1. The number of aromatic nitrogens is 3. The molecule has 2 fully saturated rings. The van der Waals surface area contributed by atoms with Crippen molar-refractivity contribution < 1.29 is 18.8 Å². The summed E-state index contributed by atoms with van der Waals surface area (Å²) in [6.07, 6.45) is 2.34. The maximum Gasteiger partial charge on any atom is 0.258 e. The van der Waals surface area contributed by atoms with Gasteiger partial charge in [0.1, 0.15) is 23.5 Å². The van der Waals surface area contributed by atoms with Crippen molar-refractivity contribution in [3.05, 3.63) is 54.2 Å². The first-order chi connectivity index (χ1) is 14.5. The molecule has 8 heteroatoms. The molecule has 5 rings (SSSR count). The minimum Gasteiger partial charge on any atom is -0.488 e. The van der Waals surface area contributed by atoms with Crippen LogP contribution >= 0.6 is 0 Å². The Hall–Kier alpha value is -3.00. The summed E-state index contributed by atoms with van der Waals surface area (Å²) in [6, 6.07) is 9.76. The summed E-state index contributed by atoms with van der Waals surface area (Å²) in [5, 5.41) is 14.5. The number of nitrogens with zero attached hydrogens (tertiary/aromatic N) is 4. The molecule has 0 bridgehead atoms. The maximum atomic E-state index is 13.1. The van der Waals surface area contributed by atoms with Crippen LogP contribution in [-0.2, 0) is 0 Å². The summed E-state index contributed by atoms with van der Waals surface area (Å²) in [7, 11) is 0. The second-order valence-electron chi connectivity index (χ2n) is 8.12. The van der Waals surface area contributed by atoms with Crippen LogP contribution in [0.15, 0.2) is 47.1 Å². The van der Waals surface area contributed by atoms with E-state index in [1.54, 1.807) is 25.3 Å². The number of anilines is 1. The number of aliphatic hydroxyl groups excluding tert-OH is 1. The quantitative estimate of drug-likeness (QED) is 0.707. The van der Waals surface area contributed by atoms with Crippen LogP contribution in [0.5, 0.6) is 5.75 Å². The SMILES string of the molecule is Cc1noc(-c2ccnc(N3C[C@H]4C[C@@H](Oc5ccc(F)cc5)[C@H](O)C[C@H]4C3)c2)n1. The Labute approximate surface area is 173 Å². The number of benzene rings is 1. The number of aliphatic hydroxyl groups is 1. The van der Waals surface area contributed by atoms with Gasteiger partial charge in [0.25, 0.3) is 5.89 Å². The van der Waals surface area contributed by atoms with Crippen LogP contribution in [0.25, 0.3) is 11.5 Å². The minimum atomic E-state index is -0.545. The maximum absolute atomic E-state index is 13.1. The Morgan fingerprint density at radius 1 is 1.13 bits per heavy atom. The largest absolute Gasteiger partial charge is 0.488 e. The Bertz CT molecular complexity index is 1030. The van der Waals surface area contributed by atoms with Crippen LogP contribution in [0.1, 0.15) is 18.7 Å². The number of rotatable bonds is 4. The molecule has 0 amide bonds. The summed E-state index contributed by atoms with van der Waals surface area (Å²) in [5.74, 6) is 3.00. The molecule has 3 aromatic rings. The van der Waals surface area contributed by atoms with Crippen LogP contribution in [0, 0.1) is 24.6 Å². The highest BCUT2D eigenvalue weighted by molar-refractivity contribution is 5.59. The molecule has 2 aliphatic rings. The zero-order chi connectivity index (χ0) is 20.7. The van der Waals surface area contributed by atoms with E-state index in [2.05, 4.69) is 20.0 Å². The number of hydrogen-bond donors (Lipinski definition) is 1. The molecule has 3 heterocycles. The number of hydrogen-bond acceptors (Lipinski definition) is 7. The van der Waals surface area contributed by atoms with E-state index in [1.807, 2.05) is 12.1 Å². The van der Waals surface area contributed by atoms with Crippen LogP contribution in [-0.4, -0.2) is 45.5 Å². The zero-order valence-electron chi connectivity index (χ0n) is 16.6. The fourth-order valence-corrected chi connectivity index (χ4v) is 4.53. The van der Waals surface area contributed by atoms with Crippen molar-refractivity contribution in [2.75, 3.05) is 18.0 Å². The highest BCUT2D eigenvalue weighted by Gasteiger charge is 2.43. The number of ether oxygens (including phenoxy) is 1. The van der Waals surface area contributed by atoms with E-state index in [9.17, 15) is 9.50 Å².